The number of carbonyl (C=O) groups excluding carboxylic acids is 2. The summed E-state index contributed by atoms with van der Waals surface area (Å²) >= 11 is 1.74. The van der Waals surface area contributed by atoms with E-state index in [9.17, 15) is 22.8 Å². The van der Waals surface area contributed by atoms with E-state index in [1.165, 1.54) is 37.8 Å². The molecule has 4 nitrogen and oxygen atoms in total. The molecule has 2 aliphatic heterocycles. The Bertz CT molecular complexity index is 798. The Labute approximate surface area is 185 Å². The van der Waals surface area contributed by atoms with Gasteiger partial charge in [0.25, 0.3) is 5.91 Å². The number of hydrogen-bond donors (Lipinski definition) is 0. The molecule has 1 aliphatic carbocycles. The number of likely N-dealkylation sites (tertiary alicyclic amines) is 1. The highest BCUT2D eigenvalue weighted by Gasteiger charge is 2.47. The first-order valence-electron chi connectivity index (χ1n) is 11.2. The van der Waals surface area contributed by atoms with Crippen LogP contribution in [0.3, 0.4) is 0 Å². The third kappa shape index (κ3) is 4.89. The van der Waals surface area contributed by atoms with E-state index >= 15 is 0 Å². The second-order valence-corrected chi connectivity index (χ2v) is 10.4. The molecule has 1 saturated carbocycles. The summed E-state index contributed by atoms with van der Waals surface area (Å²) in [5.41, 5.74) is -0.469. The minimum Gasteiger partial charge on any atom is -0.342 e. The molecular weight excluding hydrogens is 425 g/mol. The number of amides is 2. The van der Waals surface area contributed by atoms with Crippen LogP contribution in [-0.4, -0.2) is 51.9 Å². The molecule has 3 fully saturated rings. The van der Waals surface area contributed by atoms with Crippen LogP contribution in [0.5, 0.6) is 0 Å². The van der Waals surface area contributed by atoms with Gasteiger partial charge in [0.05, 0.1) is 10.4 Å². The summed E-state index contributed by atoms with van der Waals surface area (Å²) < 4.78 is 38.5. The van der Waals surface area contributed by atoms with E-state index in [0.717, 1.165) is 24.3 Å². The lowest BCUT2D eigenvalue weighted by Gasteiger charge is -2.44. The van der Waals surface area contributed by atoms with Gasteiger partial charge in [0.1, 0.15) is 0 Å². The normalized spacial score (nSPS) is 21.8. The molecule has 170 valence electrons. The van der Waals surface area contributed by atoms with Crippen molar-refractivity contribution in [2.75, 3.05) is 25.4 Å². The van der Waals surface area contributed by atoms with Crippen LogP contribution in [0.1, 0.15) is 67.3 Å². The van der Waals surface area contributed by atoms with Crippen LogP contribution in [0.25, 0.3) is 0 Å². The van der Waals surface area contributed by atoms with Crippen molar-refractivity contribution in [3.05, 3.63) is 35.4 Å². The summed E-state index contributed by atoms with van der Waals surface area (Å²) in [5.74, 6) is 1.49. The fourth-order valence-electron chi connectivity index (χ4n) is 5.16. The number of carbonyl (C=O) groups is 2. The summed E-state index contributed by atoms with van der Waals surface area (Å²) in [4.78, 5) is 29.1. The van der Waals surface area contributed by atoms with E-state index in [2.05, 4.69) is 0 Å². The van der Waals surface area contributed by atoms with Crippen molar-refractivity contribution in [2.24, 2.45) is 5.92 Å². The SMILES string of the molecule is O=C(CCC1CCCC1)N1CCC2(CC1)SCCN2C(=O)c1ccc(C(F)(F)F)cc1. The van der Waals surface area contributed by atoms with Gasteiger partial charge in [0.2, 0.25) is 5.91 Å². The number of rotatable bonds is 4. The maximum Gasteiger partial charge on any atom is 0.416 e. The molecule has 4 rings (SSSR count). The molecule has 0 aromatic heterocycles. The quantitative estimate of drug-likeness (QED) is 0.629. The minimum absolute atomic E-state index is 0.213. The number of benzene rings is 1. The van der Waals surface area contributed by atoms with Crippen LogP contribution < -0.4 is 0 Å². The van der Waals surface area contributed by atoms with Crippen molar-refractivity contribution in [3.63, 3.8) is 0 Å². The molecule has 1 aromatic rings. The minimum atomic E-state index is -4.41. The third-order valence-corrected chi connectivity index (χ3v) is 8.57. The van der Waals surface area contributed by atoms with Crippen LogP contribution in [0.4, 0.5) is 13.2 Å². The van der Waals surface area contributed by atoms with Crippen LogP contribution in [0.2, 0.25) is 0 Å². The predicted molar refractivity (Wildman–Crippen MR) is 115 cm³/mol. The number of nitrogens with zero attached hydrogens (tertiary/aromatic N) is 2. The summed E-state index contributed by atoms with van der Waals surface area (Å²) in [6.45, 7) is 1.85. The van der Waals surface area contributed by atoms with Crippen LogP contribution in [0.15, 0.2) is 24.3 Å². The topological polar surface area (TPSA) is 40.6 Å². The fraction of sp³-hybridized carbons (Fsp3) is 0.652. The molecular formula is C23H29F3N2O2S. The zero-order valence-corrected chi connectivity index (χ0v) is 18.4. The summed E-state index contributed by atoms with van der Waals surface area (Å²) in [6, 6.07) is 4.47. The maximum absolute atomic E-state index is 13.1. The molecule has 0 unspecified atom stereocenters. The van der Waals surface area contributed by atoms with Gasteiger partial charge in [-0.15, -0.1) is 11.8 Å². The van der Waals surface area contributed by atoms with Crippen molar-refractivity contribution in [1.29, 1.82) is 0 Å². The standard InChI is InChI=1S/C23H29F3N2O2S/c24-23(25,26)19-8-6-18(7-9-19)21(30)28-15-16-31-22(28)11-13-27(14-12-22)20(29)10-5-17-3-1-2-4-17/h6-9,17H,1-5,10-16H2. The Morgan fingerprint density at radius 3 is 2.29 bits per heavy atom. The highest BCUT2D eigenvalue weighted by molar-refractivity contribution is 8.00. The molecule has 2 saturated heterocycles. The molecule has 1 aromatic carbocycles. The second-order valence-electron chi connectivity index (χ2n) is 8.90. The summed E-state index contributed by atoms with van der Waals surface area (Å²) in [6.07, 6.45) is 3.65. The molecule has 0 N–H and O–H groups in total. The number of piperidine rings is 1. The first-order valence-corrected chi connectivity index (χ1v) is 12.2. The molecule has 3 aliphatic rings. The van der Waals surface area contributed by atoms with Gasteiger partial charge >= 0.3 is 6.18 Å². The summed E-state index contributed by atoms with van der Waals surface area (Å²) in [7, 11) is 0. The molecule has 0 radical (unpaired) electrons. The molecule has 8 heteroatoms. The highest BCUT2D eigenvalue weighted by atomic mass is 32.2. The first-order chi connectivity index (χ1) is 14.8. The Hall–Kier alpha value is -1.70. The molecule has 31 heavy (non-hydrogen) atoms. The molecule has 2 heterocycles. The van der Waals surface area contributed by atoms with Crippen molar-refractivity contribution in [3.8, 4) is 0 Å². The number of halogens is 3. The van der Waals surface area contributed by atoms with E-state index < -0.39 is 11.7 Å². The van der Waals surface area contributed by atoms with Crippen LogP contribution in [-0.2, 0) is 11.0 Å². The van der Waals surface area contributed by atoms with E-state index in [-0.39, 0.29) is 22.2 Å². The lowest BCUT2D eigenvalue weighted by Crippen LogP contribution is -2.53. The van der Waals surface area contributed by atoms with Crippen molar-refractivity contribution in [1.82, 2.24) is 9.80 Å². The van der Waals surface area contributed by atoms with Gasteiger partial charge in [-0.2, -0.15) is 13.2 Å². The van der Waals surface area contributed by atoms with Gasteiger partial charge in [0.15, 0.2) is 0 Å². The second kappa shape index (κ2) is 9.04. The first kappa shape index (κ1) is 22.5. The molecule has 2 amide bonds. The third-order valence-electron chi connectivity index (χ3n) is 7.02. The van der Waals surface area contributed by atoms with E-state index in [1.54, 1.807) is 11.8 Å². The van der Waals surface area contributed by atoms with Gasteiger partial charge in [-0.05, 0) is 49.4 Å². The molecule has 1 spiro atoms. The zero-order valence-electron chi connectivity index (χ0n) is 17.6. The van der Waals surface area contributed by atoms with E-state index in [0.29, 0.717) is 44.8 Å². The van der Waals surface area contributed by atoms with Gasteiger partial charge in [-0.1, -0.05) is 25.7 Å². The largest absolute Gasteiger partial charge is 0.416 e. The Balaban J connectivity index is 1.35. The number of alkyl halides is 3. The van der Waals surface area contributed by atoms with Gasteiger partial charge in [-0.25, -0.2) is 0 Å². The van der Waals surface area contributed by atoms with Crippen molar-refractivity contribution < 1.29 is 22.8 Å². The average molecular weight is 455 g/mol. The fourth-order valence-corrected chi connectivity index (χ4v) is 6.61. The number of hydrogen-bond acceptors (Lipinski definition) is 3. The van der Waals surface area contributed by atoms with Crippen molar-refractivity contribution in [2.45, 2.75) is 62.4 Å². The zero-order chi connectivity index (χ0) is 22.1. The molecule has 0 atom stereocenters. The average Bonchev–Trinajstić information content (AvgIpc) is 3.42. The number of thioether (sulfide) groups is 1. The smallest absolute Gasteiger partial charge is 0.342 e. The Morgan fingerprint density at radius 2 is 1.68 bits per heavy atom. The van der Waals surface area contributed by atoms with Gasteiger partial charge < -0.3 is 9.80 Å². The molecule has 0 bridgehead atoms. The van der Waals surface area contributed by atoms with E-state index in [4.69, 9.17) is 0 Å². The van der Waals surface area contributed by atoms with Crippen LogP contribution >= 0.6 is 11.8 Å². The van der Waals surface area contributed by atoms with E-state index in [1.807, 2.05) is 9.80 Å². The van der Waals surface area contributed by atoms with Gasteiger partial charge in [-0.3, -0.25) is 9.59 Å². The lowest BCUT2D eigenvalue weighted by molar-refractivity contribution is -0.137. The lowest BCUT2D eigenvalue weighted by atomic mass is 9.98. The predicted octanol–water partition coefficient (Wildman–Crippen LogP) is 5.18. The Morgan fingerprint density at radius 1 is 1.03 bits per heavy atom. The van der Waals surface area contributed by atoms with Gasteiger partial charge in [0, 0.05) is 37.4 Å². The van der Waals surface area contributed by atoms with Crippen LogP contribution in [0, 0.1) is 5.92 Å². The highest BCUT2D eigenvalue weighted by Crippen LogP contribution is 2.45. The monoisotopic (exact) mass is 454 g/mol. The maximum atomic E-state index is 13.1. The Kier molecular flexibility index (Phi) is 6.56. The summed E-state index contributed by atoms with van der Waals surface area (Å²) in [5, 5.41) is 0. The van der Waals surface area contributed by atoms with Crippen molar-refractivity contribution >= 4 is 23.6 Å².